The molecular formula is C7H13NO2. The molecule has 0 aromatic carbocycles. The minimum atomic E-state index is -0.411. The fourth-order valence-electron chi connectivity index (χ4n) is 0.673. The van der Waals surface area contributed by atoms with E-state index in [2.05, 4.69) is 0 Å². The van der Waals surface area contributed by atoms with Crippen molar-refractivity contribution in [1.29, 1.82) is 0 Å². The summed E-state index contributed by atoms with van der Waals surface area (Å²) in [6, 6.07) is 0. The molecule has 1 amide bonds. The third-order valence-electron chi connectivity index (χ3n) is 1.47. The van der Waals surface area contributed by atoms with Crippen molar-refractivity contribution in [1.82, 2.24) is 0 Å². The van der Waals surface area contributed by atoms with E-state index in [-0.39, 0.29) is 18.3 Å². The Balaban J connectivity index is 3.83. The van der Waals surface area contributed by atoms with Gasteiger partial charge >= 0.3 is 0 Å². The zero-order valence-electron chi connectivity index (χ0n) is 6.33. The lowest BCUT2D eigenvalue weighted by atomic mass is 9.94. The van der Waals surface area contributed by atoms with Crippen LogP contribution in [0.15, 0.2) is 0 Å². The number of hydrogen-bond acceptors (Lipinski definition) is 2. The molecule has 0 fully saturated rings. The van der Waals surface area contributed by atoms with Crippen molar-refractivity contribution in [3.05, 3.63) is 0 Å². The zero-order chi connectivity index (χ0) is 8.15. The van der Waals surface area contributed by atoms with E-state index in [1.807, 2.05) is 13.8 Å². The molecule has 3 heteroatoms. The molecule has 10 heavy (non-hydrogen) atoms. The van der Waals surface area contributed by atoms with Gasteiger partial charge in [-0.1, -0.05) is 13.8 Å². The van der Waals surface area contributed by atoms with Crippen LogP contribution in [0.25, 0.3) is 0 Å². The Hall–Kier alpha value is -0.860. The number of primary amides is 1. The van der Waals surface area contributed by atoms with Crippen molar-refractivity contribution in [2.75, 3.05) is 0 Å². The average molecular weight is 143 g/mol. The summed E-state index contributed by atoms with van der Waals surface area (Å²) in [4.78, 5) is 20.6. The van der Waals surface area contributed by atoms with E-state index in [0.717, 1.165) is 6.29 Å². The minimum Gasteiger partial charge on any atom is -0.370 e. The number of aldehydes is 1. The van der Waals surface area contributed by atoms with Gasteiger partial charge < -0.3 is 10.5 Å². The Bertz CT molecular complexity index is 132. The highest BCUT2D eigenvalue weighted by Gasteiger charge is 2.13. The lowest BCUT2D eigenvalue weighted by Crippen LogP contribution is -2.20. The smallest absolute Gasteiger partial charge is 0.218 e. The number of carbonyl (C=O) groups is 2. The quantitative estimate of drug-likeness (QED) is 0.576. The van der Waals surface area contributed by atoms with Crippen molar-refractivity contribution in [2.24, 2.45) is 17.6 Å². The van der Waals surface area contributed by atoms with Crippen molar-refractivity contribution in [3.8, 4) is 0 Å². The molecule has 0 aromatic rings. The van der Waals surface area contributed by atoms with E-state index in [4.69, 9.17) is 5.73 Å². The van der Waals surface area contributed by atoms with Gasteiger partial charge in [-0.15, -0.1) is 0 Å². The Morgan fingerprint density at radius 2 is 2.10 bits per heavy atom. The normalized spacial score (nSPS) is 13.1. The number of amides is 1. The van der Waals surface area contributed by atoms with Gasteiger partial charge in [0, 0.05) is 12.3 Å². The third-order valence-corrected chi connectivity index (χ3v) is 1.47. The van der Waals surface area contributed by atoms with E-state index >= 15 is 0 Å². The van der Waals surface area contributed by atoms with Crippen LogP contribution in [0.4, 0.5) is 0 Å². The maximum absolute atomic E-state index is 10.3. The summed E-state index contributed by atoms with van der Waals surface area (Å²) in [6.07, 6.45) is 0.955. The summed E-state index contributed by atoms with van der Waals surface area (Å²) in [7, 11) is 0. The predicted molar refractivity (Wildman–Crippen MR) is 38.2 cm³/mol. The monoisotopic (exact) mass is 143 g/mol. The van der Waals surface area contributed by atoms with Gasteiger partial charge in [-0.25, -0.2) is 0 Å². The molecule has 0 aromatic heterocycles. The SMILES string of the molecule is CC(C)C(C=O)CC(N)=O. The molecule has 0 bridgehead atoms. The second-order valence-electron chi connectivity index (χ2n) is 2.71. The highest BCUT2D eigenvalue weighted by atomic mass is 16.1. The Labute approximate surface area is 60.6 Å². The fourth-order valence-corrected chi connectivity index (χ4v) is 0.673. The molecule has 0 radical (unpaired) electrons. The molecule has 1 unspecified atom stereocenters. The van der Waals surface area contributed by atoms with E-state index in [1.54, 1.807) is 0 Å². The maximum Gasteiger partial charge on any atom is 0.218 e. The van der Waals surface area contributed by atoms with E-state index in [9.17, 15) is 9.59 Å². The summed E-state index contributed by atoms with van der Waals surface area (Å²) in [5.74, 6) is -0.423. The summed E-state index contributed by atoms with van der Waals surface area (Å²) in [5, 5.41) is 0. The molecular weight excluding hydrogens is 130 g/mol. The van der Waals surface area contributed by atoms with Crippen LogP contribution >= 0.6 is 0 Å². The van der Waals surface area contributed by atoms with Crippen molar-refractivity contribution < 1.29 is 9.59 Å². The standard InChI is InChI=1S/C7H13NO2/c1-5(2)6(4-9)3-7(8)10/h4-6H,3H2,1-2H3,(H2,8,10). The first kappa shape index (κ1) is 9.14. The van der Waals surface area contributed by atoms with Gasteiger partial charge in [0.25, 0.3) is 0 Å². The largest absolute Gasteiger partial charge is 0.370 e. The molecule has 0 spiro atoms. The van der Waals surface area contributed by atoms with Crippen molar-refractivity contribution in [2.45, 2.75) is 20.3 Å². The average Bonchev–Trinajstić information content (AvgIpc) is 1.81. The summed E-state index contributed by atoms with van der Waals surface area (Å²) in [5.41, 5.74) is 4.91. The lowest BCUT2D eigenvalue weighted by molar-refractivity contribution is -0.122. The van der Waals surface area contributed by atoms with Crippen molar-refractivity contribution >= 4 is 12.2 Å². The highest BCUT2D eigenvalue weighted by molar-refractivity contribution is 5.77. The van der Waals surface area contributed by atoms with Crippen LogP contribution in [-0.2, 0) is 9.59 Å². The molecule has 0 saturated heterocycles. The van der Waals surface area contributed by atoms with Gasteiger partial charge in [0.1, 0.15) is 6.29 Å². The van der Waals surface area contributed by atoms with Gasteiger partial charge in [0.15, 0.2) is 0 Å². The second-order valence-corrected chi connectivity index (χ2v) is 2.71. The predicted octanol–water partition coefficient (Wildman–Crippen LogP) is 0.333. The first-order valence-electron chi connectivity index (χ1n) is 3.31. The van der Waals surface area contributed by atoms with Crippen LogP contribution in [-0.4, -0.2) is 12.2 Å². The van der Waals surface area contributed by atoms with Crippen LogP contribution in [0.1, 0.15) is 20.3 Å². The molecule has 0 heterocycles. The third kappa shape index (κ3) is 3.22. The van der Waals surface area contributed by atoms with E-state index in [0.29, 0.717) is 0 Å². The summed E-state index contributed by atoms with van der Waals surface area (Å²) < 4.78 is 0. The molecule has 0 aliphatic rings. The van der Waals surface area contributed by atoms with Crippen LogP contribution in [0.2, 0.25) is 0 Å². The molecule has 3 nitrogen and oxygen atoms in total. The fraction of sp³-hybridized carbons (Fsp3) is 0.714. The zero-order valence-corrected chi connectivity index (χ0v) is 6.33. The molecule has 0 aliphatic heterocycles. The topological polar surface area (TPSA) is 60.2 Å². The summed E-state index contributed by atoms with van der Waals surface area (Å²) >= 11 is 0. The molecule has 0 saturated carbocycles. The van der Waals surface area contributed by atoms with Crippen LogP contribution in [0.3, 0.4) is 0 Å². The lowest BCUT2D eigenvalue weighted by Gasteiger charge is -2.10. The van der Waals surface area contributed by atoms with Gasteiger partial charge in [-0.2, -0.15) is 0 Å². The van der Waals surface area contributed by atoms with Crippen LogP contribution in [0.5, 0.6) is 0 Å². The number of nitrogens with two attached hydrogens (primary N) is 1. The van der Waals surface area contributed by atoms with Gasteiger partial charge in [-0.3, -0.25) is 4.79 Å². The molecule has 1 atom stereocenters. The summed E-state index contributed by atoms with van der Waals surface area (Å²) in [6.45, 7) is 3.78. The molecule has 58 valence electrons. The van der Waals surface area contributed by atoms with Crippen LogP contribution < -0.4 is 5.73 Å². The Morgan fingerprint density at radius 1 is 1.60 bits per heavy atom. The van der Waals surface area contributed by atoms with Crippen LogP contribution in [0, 0.1) is 11.8 Å². The first-order valence-corrected chi connectivity index (χ1v) is 3.31. The number of rotatable bonds is 4. The van der Waals surface area contributed by atoms with Gasteiger partial charge in [0.05, 0.1) is 0 Å². The molecule has 2 N–H and O–H groups in total. The van der Waals surface area contributed by atoms with E-state index < -0.39 is 5.91 Å². The molecule has 0 aliphatic carbocycles. The number of carbonyl (C=O) groups excluding carboxylic acids is 2. The maximum atomic E-state index is 10.3. The van der Waals surface area contributed by atoms with Gasteiger partial charge in [-0.05, 0) is 5.92 Å². The van der Waals surface area contributed by atoms with Gasteiger partial charge in [0.2, 0.25) is 5.91 Å². The molecule has 0 rings (SSSR count). The van der Waals surface area contributed by atoms with E-state index in [1.165, 1.54) is 0 Å². The first-order chi connectivity index (χ1) is 4.57. The number of hydrogen-bond donors (Lipinski definition) is 1. The highest BCUT2D eigenvalue weighted by Crippen LogP contribution is 2.10. The Kier molecular flexibility index (Phi) is 3.69. The second kappa shape index (κ2) is 4.04. The van der Waals surface area contributed by atoms with Crippen molar-refractivity contribution in [3.63, 3.8) is 0 Å². The minimum absolute atomic E-state index is 0.168. The Morgan fingerprint density at radius 3 is 2.20 bits per heavy atom.